The SMILES string of the molecule is O=C(NCCCc1nc2ccccc2s1)C1CC(=O)N(c2ccccc2Br)C1. The van der Waals surface area contributed by atoms with Gasteiger partial charge in [-0.15, -0.1) is 11.3 Å². The summed E-state index contributed by atoms with van der Waals surface area (Å²) in [6.45, 7) is 1.01. The number of thiazole rings is 1. The van der Waals surface area contributed by atoms with Crippen molar-refractivity contribution in [3.63, 3.8) is 0 Å². The summed E-state index contributed by atoms with van der Waals surface area (Å²) in [4.78, 5) is 31.2. The van der Waals surface area contributed by atoms with Gasteiger partial charge in [0.15, 0.2) is 0 Å². The summed E-state index contributed by atoms with van der Waals surface area (Å²) in [6, 6.07) is 15.7. The van der Waals surface area contributed by atoms with Gasteiger partial charge in [0, 0.05) is 30.4 Å². The number of hydrogen-bond donors (Lipinski definition) is 1. The first-order chi connectivity index (χ1) is 13.6. The number of carbonyl (C=O) groups excluding carboxylic acids is 2. The molecule has 7 heteroatoms. The highest BCUT2D eigenvalue weighted by Crippen LogP contribution is 2.31. The Morgan fingerprint density at radius 2 is 2.00 bits per heavy atom. The highest BCUT2D eigenvalue weighted by atomic mass is 79.9. The lowest BCUT2D eigenvalue weighted by molar-refractivity contribution is -0.126. The summed E-state index contributed by atoms with van der Waals surface area (Å²) in [7, 11) is 0. The Hall–Kier alpha value is -2.25. The number of para-hydroxylation sites is 2. The van der Waals surface area contributed by atoms with E-state index in [1.165, 1.54) is 4.70 Å². The van der Waals surface area contributed by atoms with E-state index in [0.29, 0.717) is 13.1 Å². The average Bonchev–Trinajstić information content (AvgIpc) is 3.28. The van der Waals surface area contributed by atoms with Crippen LogP contribution in [0.5, 0.6) is 0 Å². The fourth-order valence-electron chi connectivity index (χ4n) is 3.41. The number of carbonyl (C=O) groups is 2. The third-order valence-electron chi connectivity index (χ3n) is 4.84. The predicted octanol–water partition coefficient (Wildman–Crippen LogP) is 4.16. The van der Waals surface area contributed by atoms with E-state index >= 15 is 0 Å². The molecule has 1 saturated heterocycles. The number of hydrogen-bond acceptors (Lipinski definition) is 4. The lowest BCUT2D eigenvalue weighted by Gasteiger charge is -2.18. The number of aryl methyl sites for hydroxylation is 1. The van der Waals surface area contributed by atoms with Crippen molar-refractivity contribution in [2.24, 2.45) is 5.92 Å². The third kappa shape index (κ3) is 4.10. The van der Waals surface area contributed by atoms with Gasteiger partial charge in [0.2, 0.25) is 11.8 Å². The van der Waals surface area contributed by atoms with Gasteiger partial charge < -0.3 is 10.2 Å². The summed E-state index contributed by atoms with van der Waals surface area (Å²) in [5.74, 6) is -0.365. The molecule has 1 unspecified atom stereocenters. The van der Waals surface area contributed by atoms with E-state index in [1.54, 1.807) is 16.2 Å². The molecule has 1 fully saturated rings. The van der Waals surface area contributed by atoms with Crippen LogP contribution in [0.4, 0.5) is 5.69 Å². The maximum atomic E-state index is 12.5. The maximum Gasteiger partial charge on any atom is 0.227 e. The number of anilines is 1. The van der Waals surface area contributed by atoms with Gasteiger partial charge >= 0.3 is 0 Å². The van der Waals surface area contributed by atoms with Crippen LogP contribution < -0.4 is 10.2 Å². The van der Waals surface area contributed by atoms with Crippen LogP contribution >= 0.6 is 27.3 Å². The normalized spacial score (nSPS) is 16.7. The number of nitrogens with one attached hydrogen (secondary N) is 1. The number of aromatic nitrogens is 1. The van der Waals surface area contributed by atoms with Gasteiger partial charge in [0.1, 0.15) is 0 Å². The van der Waals surface area contributed by atoms with E-state index in [2.05, 4.69) is 32.3 Å². The molecule has 1 N–H and O–H groups in total. The second kappa shape index (κ2) is 8.41. The van der Waals surface area contributed by atoms with Crippen LogP contribution in [0.1, 0.15) is 17.8 Å². The van der Waals surface area contributed by atoms with E-state index < -0.39 is 0 Å². The molecule has 2 amide bonds. The first kappa shape index (κ1) is 19.1. The Morgan fingerprint density at radius 3 is 2.82 bits per heavy atom. The van der Waals surface area contributed by atoms with Crippen LogP contribution in [0, 0.1) is 5.92 Å². The van der Waals surface area contributed by atoms with E-state index in [9.17, 15) is 9.59 Å². The summed E-state index contributed by atoms with van der Waals surface area (Å²) >= 11 is 5.18. The van der Waals surface area contributed by atoms with Gasteiger partial charge in [-0.05, 0) is 46.6 Å². The van der Waals surface area contributed by atoms with Gasteiger partial charge in [-0.2, -0.15) is 0 Å². The lowest BCUT2D eigenvalue weighted by Crippen LogP contribution is -2.33. The number of amides is 2. The zero-order valence-electron chi connectivity index (χ0n) is 15.2. The topological polar surface area (TPSA) is 62.3 Å². The van der Waals surface area contributed by atoms with Crippen molar-refractivity contribution in [2.45, 2.75) is 19.3 Å². The van der Waals surface area contributed by atoms with Crippen LogP contribution in [0.3, 0.4) is 0 Å². The maximum absolute atomic E-state index is 12.5. The smallest absolute Gasteiger partial charge is 0.227 e. The minimum Gasteiger partial charge on any atom is -0.356 e. The van der Waals surface area contributed by atoms with E-state index in [0.717, 1.165) is 33.5 Å². The van der Waals surface area contributed by atoms with Crippen molar-refractivity contribution in [3.8, 4) is 0 Å². The number of nitrogens with zero attached hydrogens (tertiary/aromatic N) is 2. The molecule has 1 aliphatic rings. The Morgan fingerprint density at radius 1 is 1.21 bits per heavy atom. The Bertz CT molecular complexity index is 987. The van der Waals surface area contributed by atoms with Crippen molar-refractivity contribution < 1.29 is 9.59 Å². The zero-order chi connectivity index (χ0) is 19.5. The van der Waals surface area contributed by atoms with Crippen molar-refractivity contribution in [3.05, 3.63) is 58.0 Å². The van der Waals surface area contributed by atoms with E-state index in [1.807, 2.05) is 42.5 Å². The molecule has 2 aromatic carbocycles. The third-order valence-corrected chi connectivity index (χ3v) is 6.61. The van der Waals surface area contributed by atoms with Gasteiger partial charge in [0.25, 0.3) is 0 Å². The van der Waals surface area contributed by atoms with Crippen LogP contribution in [-0.2, 0) is 16.0 Å². The Labute approximate surface area is 175 Å². The first-order valence-electron chi connectivity index (χ1n) is 9.29. The fourth-order valence-corrected chi connectivity index (χ4v) is 4.92. The molecule has 1 aromatic heterocycles. The first-order valence-corrected chi connectivity index (χ1v) is 10.9. The molecule has 5 nitrogen and oxygen atoms in total. The van der Waals surface area contributed by atoms with Crippen molar-refractivity contribution >= 4 is 55.0 Å². The minimum absolute atomic E-state index is 0.0125. The van der Waals surface area contributed by atoms with Gasteiger partial charge in [0.05, 0.1) is 26.8 Å². The monoisotopic (exact) mass is 457 g/mol. The molecular weight excluding hydrogens is 438 g/mol. The zero-order valence-corrected chi connectivity index (χ0v) is 17.6. The minimum atomic E-state index is -0.304. The standard InChI is InChI=1S/C21H20BrN3O2S/c22-15-6-1-3-8-17(15)25-13-14(12-20(25)26)21(27)23-11-5-10-19-24-16-7-2-4-9-18(16)28-19/h1-4,6-9,14H,5,10-13H2,(H,23,27). The fraction of sp³-hybridized carbons (Fsp3) is 0.286. The number of halogens is 1. The molecule has 144 valence electrons. The van der Waals surface area contributed by atoms with Crippen LogP contribution in [0.2, 0.25) is 0 Å². The highest BCUT2D eigenvalue weighted by Gasteiger charge is 2.35. The second-order valence-electron chi connectivity index (χ2n) is 6.83. The second-order valence-corrected chi connectivity index (χ2v) is 8.80. The summed E-state index contributed by atoms with van der Waals surface area (Å²) in [5, 5.41) is 4.07. The molecular formula is C21H20BrN3O2S. The molecule has 3 aromatic rings. The predicted molar refractivity (Wildman–Crippen MR) is 116 cm³/mol. The van der Waals surface area contributed by atoms with Crippen LogP contribution in [0.15, 0.2) is 53.0 Å². The number of rotatable bonds is 6. The number of fused-ring (bicyclic) bond motifs is 1. The molecule has 28 heavy (non-hydrogen) atoms. The largest absolute Gasteiger partial charge is 0.356 e. The van der Waals surface area contributed by atoms with E-state index in [4.69, 9.17) is 0 Å². The highest BCUT2D eigenvalue weighted by molar-refractivity contribution is 9.10. The molecule has 1 aliphatic heterocycles. The average molecular weight is 458 g/mol. The summed E-state index contributed by atoms with van der Waals surface area (Å²) in [5.41, 5.74) is 1.85. The van der Waals surface area contributed by atoms with Crippen LogP contribution in [-0.4, -0.2) is 29.9 Å². The van der Waals surface area contributed by atoms with Gasteiger partial charge in [-0.25, -0.2) is 4.98 Å². The van der Waals surface area contributed by atoms with E-state index in [-0.39, 0.29) is 24.2 Å². The quantitative estimate of drug-likeness (QED) is 0.565. The molecule has 0 bridgehead atoms. The summed E-state index contributed by atoms with van der Waals surface area (Å²) in [6.07, 6.45) is 1.93. The van der Waals surface area contributed by atoms with Crippen molar-refractivity contribution in [2.75, 3.05) is 18.0 Å². The Kier molecular flexibility index (Phi) is 5.73. The molecule has 1 atom stereocenters. The summed E-state index contributed by atoms with van der Waals surface area (Å²) < 4.78 is 2.05. The van der Waals surface area contributed by atoms with Crippen LogP contribution in [0.25, 0.3) is 10.2 Å². The number of benzene rings is 2. The Balaban J connectivity index is 1.27. The molecule has 0 saturated carbocycles. The van der Waals surface area contributed by atoms with Gasteiger partial charge in [-0.1, -0.05) is 24.3 Å². The van der Waals surface area contributed by atoms with Crippen molar-refractivity contribution in [1.29, 1.82) is 0 Å². The molecule has 2 heterocycles. The van der Waals surface area contributed by atoms with Crippen molar-refractivity contribution in [1.82, 2.24) is 10.3 Å². The molecule has 0 radical (unpaired) electrons. The molecule has 4 rings (SSSR count). The molecule has 0 aliphatic carbocycles. The molecule has 0 spiro atoms. The lowest BCUT2D eigenvalue weighted by atomic mass is 10.1. The van der Waals surface area contributed by atoms with Gasteiger partial charge in [-0.3, -0.25) is 9.59 Å².